The summed E-state index contributed by atoms with van der Waals surface area (Å²) in [6, 6.07) is 7.16. The number of esters is 1. The maximum absolute atomic E-state index is 12.6. The van der Waals surface area contributed by atoms with Crippen molar-refractivity contribution < 1.29 is 14.3 Å². The van der Waals surface area contributed by atoms with Crippen LogP contribution in [0.2, 0.25) is 5.02 Å². The van der Waals surface area contributed by atoms with Crippen LogP contribution in [0.5, 0.6) is 0 Å². The lowest BCUT2D eigenvalue weighted by Crippen LogP contribution is -2.38. The van der Waals surface area contributed by atoms with Gasteiger partial charge in [-0.2, -0.15) is 0 Å². The maximum atomic E-state index is 12.6. The molecule has 5 heteroatoms. The van der Waals surface area contributed by atoms with E-state index in [1.54, 1.807) is 30.0 Å². The van der Waals surface area contributed by atoms with E-state index < -0.39 is 5.97 Å². The fourth-order valence-electron chi connectivity index (χ4n) is 2.82. The van der Waals surface area contributed by atoms with Gasteiger partial charge in [-0.25, -0.2) is 4.79 Å². The highest BCUT2D eigenvalue weighted by molar-refractivity contribution is 6.30. The molecule has 1 aromatic carbocycles. The highest BCUT2D eigenvalue weighted by Gasteiger charge is 2.36. The zero-order valence-corrected chi connectivity index (χ0v) is 14.4. The van der Waals surface area contributed by atoms with Crippen molar-refractivity contribution in [1.82, 2.24) is 4.90 Å². The van der Waals surface area contributed by atoms with E-state index in [1.165, 1.54) is 6.08 Å². The standard InChI is InChI=1S/C19H20ClNO3/c1-4-10-21-13(3)18(19(23)24-11-5-2)16(12-17(21)22)14-6-8-15(20)9-7-14/h4-9,16H,1-2,10-12H2,3H3. The van der Waals surface area contributed by atoms with E-state index in [2.05, 4.69) is 13.2 Å². The van der Waals surface area contributed by atoms with Gasteiger partial charge in [-0.3, -0.25) is 4.79 Å². The van der Waals surface area contributed by atoms with Gasteiger partial charge in [-0.1, -0.05) is 42.5 Å². The average molecular weight is 346 g/mol. The smallest absolute Gasteiger partial charge is 0.336 e. The summed E-state index contributed by atoms with van der Waals surface area (Å²) in [5, 5.41) is 0.602. The van der Waals surface area contributed by atoms with E-state index in [1.807, 2.05) is 12.1 Å². The minimum Gasteiger partial charge on any atom is -0.458 e. The van der Waals surface area contributed by atoms with Gasteiger partial charge in [0, 0.05) is 29.6 Å². The molecule has 0 saturated carbocycles. The predicted octanol–water partition coefficient (Wildman–Crippen LogP) is 3.85. The molecule has 24 heavy (non-hydrogen) atoms. The largest absolute Gasteiger partial charge is 0.458 e. The molecular formula is C19H20ClNO3. The molecule has 1 amide bonds. The molecule has 0 radical (unpaired) electrons. The Morgan fingerprint density at radius 3 is 2.58 bits per heavy atom. The number of halogens is 1. The predicted molar refractivity (Wildman–Crippen MR) is 94.6 cm³/mol. The molecule has 2 rings (SSSR count). The minimum absolute atomic E-state index is 0.0485. The minimum atomic E-state index is -0.436. The summed E-state index contributed by atoms with van der Waals surface area (Å²) in [4.78, 5) is 26.6. The van der Waals surface area contributed by atoms with Crippen LogP contribution in [0, 0.1) is 0 Å². The zero-order valence-electron chi connectivity index (χ0n) is 13.6. The van der Waals surface area contributed by atoms with E-state index in [-0.39, 0.29) is 24.9 Å². The Kier molecular flexibility index (Phi) is 5.99. The summed E-state index contributed by atoms with van der Waals surface area (Å²) < 4.78 is 5.23. The molecule has 1 aliphatic rings. The molecule has 1 heterocycles. The van der Waals surface area contributed by atoms with Crippen molar-refractivity contribution in [3.8, 4) is 0 Å². The third-order valence-corrected chi connectivity index (χ3v) is 4.21. The van der Waals surface area contributed by atoms with Gasteiger partial charge in [0.2, 0.25) is 5.91 Å². The number of hydrogen-bond acceptors (Lipinski definition) is 3. The summed E-state index contributed by atoms with van der Waals surface area (Å²) in [7, 11) is 0. The topological polar surface area (TPSA) is 46.6 Å². The fraction of sp³-hybridized carbons (Fsp3) is 0.263. The fourth-order valence-corrected chi connectivity index (χ4v) is 2.95. The maximum Gasteiger partial charge on any atom is 0.336 e. The number of allylic oxidation sites excluding steroid dienone is 1. The first-order valence-corrected chi connectivity index (χ1v) is 8.02. The van der Waals surface area contributed by atoms with Gasteiger partial charge in [0.25, 0.3) is 0 Å². The Labute approximate surface area is 147 Å². The molecule has 0 bridgehead atoms. The van der Waals surface area contributed by atoms with E-state index in [0.717, 1.165) is 5.56 Å². The summed E-state index contributed by atoms with van der Waals surface area (Å²) in [6.07, 6.45) is 3.35. The number of rotatable bonds is 6. The molecule has 1 atom stereocenters. The van der Waals surface area contributed by atoms with Crippen LogP contribution < -0.4 is 0 Å². The van der Waals surface area contributed by atoms with Crippen molar-refractivity contribution in [2.45, 2.75) is 19.3 Å². The van der Waals surface area contributed by atoms with Crippen molar-refractivity contribution in [3.05, 3.63) is 71.4 Å². The van der Waals surface area contributed by atoms with Crippen molar-refractivity contribution in [1.29, 1.82) is 0 Å². The first kappa shape index (κ1) is 18.0. The van der Waals surface area contributed by atoms with E-state index in [0.29, 0.717) is 22.8 Å². The van der Waals surface area contributed by atoms with Crippen LogP contribution in [0.4, 0.5) is 0 Å². The number of benzene rings is 1. The van der Waals surface area contributed by atoms with Gasteiger partial charge in [0.15, 0.2) is 0 Å². The number of hydrogen-bond donors (Lipinski definition) is 0. The van der Waals surface area contributed by atoms with Gasteiger partial charge in [0.1, 0.15) is 6.61 Å². The molecule has 0 fully saturated rings. The summed E-state index contributed by atoms with van der Waals surface area (Å²) in [5.41, 5.74) is 1.94. The average Bonchev–Trinajstić information content (AvgIpc) is 2.56. The zero-order chi connectivity index (χ0) is 17.7. The van der Waals surface area contributed by atoms with Gasteiger partial charge >= 0.3 is 5.97 Å². The molecule has 1 unspecified atom stereocenters. The Morgan fingerprint density at radius 2 is 2.00 bits per heavy atom. The molecular weight excluding hydrogens is 326 g/mol. The Balaban J connectivity index is 2.48. The summed E-state index contributed by atoms with van der Waals surface area (Å²) >= 11 is 5.94. The van der Waals surface area contributed by atoms with Crippen LogP contribution in [-0.2, 0) is 14.3 Å². The second-order valence-corrected chi connectivity index (χ2v) is 5.92. The third-order valence-electron chi connectivity index (χ3n) is 3.96. The van der Waals surface area contributed by atoms with Crippen LogP contribution in [0.1, 0.15) is 24.8 Å². The number of ether oxygens (including phenoxy) is 1. The first-order valence-electron chi connectivity index (χ1n) is 7.65. The van der Waals surface area contributed by atoms with Crippen molar-refractivity contribution in [2.75, 3.05) is 13.2 Å². The SMILES string of the molecule is C=CCOC(=O)C1=C(C)N(CC=C)C(=O)CC1c1ccc(Cl)cc1. The van der Waals surface area contributed by atoms with Crippen LogP contribution in [-0.4, -0.2) is 29.9 Å². The molecule has 1 aromatic rings. The number of amides is 1. The van der Waals surface area contributed by atoms with Gasteiger partial charge < -0.3 is 9.64 Å². The molecule has 0 N–H and O–H groups in total. The van der Waals surface area contributed by atoms with Crippen LogP contribution in [0.15, 0.2) is 60.8 Å². The van der Waals surface area contributed by atoms with Crippen LogP contribution in [0.25, 0.3) is 0 Å². The number of carbonyl (C=O) groups excluding carboxylic acids is 2. The first-order chi connectivity index (χ1) is 11.5. The second-order valence-electron chi connectivity index (χ2n) is 5.49. The quantitative estimate of drug-likeness (QED) is 0.581. The molecule has 0 aliphatic carbocycles. The Morgan fingerprint density at radius 1 is 1.33 bits per heavy atom. The normalized spacial score (nSPS) is 17.7. The molecule has 0 aromatic heterocycles. The monoisotopic (exact) mass is 345 g/mol. The van der Waals surface area contributed by atoms with Gasteiger partial charge in [0.05, 0.1) is 5.57 Å². The van der Waals surface area contributed by atoms with Crippen molar-refractivity contribution >= 4 is 23.5 Å². The summed E-state index contributed by atoms with van der Waals surface area (Å²) in [6.45, 7) is 9.46. The Bertz CT molecular complexity index is 691. The highest BCUT2D eigenvalue weighted by atomic mass is 35.5. The van der Waals surface area contributed by atoms with E-state index in [4.69, 9.17) is 16.3 Å². The van der Waals surface area contributed by atoms with Gasteiger partial charge in [-0.05, 0) is 24.6 Å². The van der Waals surface area contributed by atoms with Gasteiger partial charge in [-0.15, -0.1) is 6.58 Å². The molecule has 1 aliphatic heterocycles. The second kappa shape index (κ2) is 7.97. The lowest BCUT2D eigenvalue weighted by Gasteiger charge is -2.33. The number of carbonyl (C=O) groups is 2. The Hall–Kier alpha value is -2.33. The molecule has 0 spiro atoms. The summed E-state index contributed by atoms with van der Waals surface area (Å²) in [5.74, 6) is -0.838. The molecule has 126 valence electrons. The highest BCUT2D eigenvalue weighted by Crippen LogP contribution is 2.37. The lowest BCUT2D eigenvalue weighted by molar-refractivity contribution is -0.139. The molecule has 0 saturated heterocycles. The van der Waals surface area contributed by atoms with Crippen molar-refractivity contribution in [2.24, 2.45) is 0 Å². The van der Waals surface area contributed by atoms with Crippen LogP contribution in [0.3, 0.4) is 0 Å². The lowest BCUT2D eigenvalue weighted by atomic mass is 9.83. The molecule has 4 nitrogen and oxygen atoms in total. The van der Waals surface area contributed by atoms with E-state index >= 15 is 0 Å². The third kappa shape index (κ3) is 3.77. The van der Waals surface area contributed by atoms with Crippen molar-refractivity contribution in [3.63, 3.8) is 0 Å². The number of nitrogens with zero attached hydrogens (tertiary/aromatic N) is 1. The van der Waals surface area contributed by atoms with Crippen LogP contribution >= 0.6 is 11.6 Å². The van der Waals surface area contributed by atoms with E-state index in [9.17, 15) is 9.59 Å².